The van der Waals surface area contributed by atoms with Crippen LogP contribution in [0, 0.1) is 0 Å². The highest BCUT2D eigenvalue weighted by Crippen LogP contribution is 2.38. The monoisotopic (exact) mass is 398 g/mol. The number of fused-ring (bicyclic) bond motifs is 1. The number of hydrogen-bond donors (Lipinski definition) is 1. The molecule has 0 unspecified atom stereocenters. The lowest BCUT2D eigenvalue weighted by Crippen LogP contribution is -2.36. The van der Waals surface area contributed by atoms with Gasteiger partial charge in [-0.2, -0.15) is 0 Å². The van der Waals surface area contributed by atoms with E-state index in [9.17, 15) is 9.59 Å². The molecule has 2 aromatic rings. The van der Waals surface area contributed by atoms with Crippen molar-refractivity contribution in [3.8, 4) is 5.75 Å². The number of carbonyl (C=O) groups excluding carboxylic acids is 2. The van der Waals surface area contributed by atoms with Gasteiger partial charge in [-0.25, -0.2) is 0 Å². The quantitative estimate of drug-likeness (QED) is 0.821. The highest BCUT2D eigenvalue weighted by Gasteiger charge is 2.27. The largest absolute Gasteiger partial charge is 0.497 e. The van der Waals surface area contributed by atoms with E-state index >= 15 is 0 Å². The van der Waals surface area contributed by atoms with E-state index in [1.807, 2.05) is 47.4 Å². The molecule has 1 N–H and O–H groups in total. The van der Waals surface area contributed by atoms with Crippen molar-refractivity contribution in [1.29, 1.82) is 0 Å². The maximum absolute atomic E-state index is 13.2. The predicted octanol–water partition coefficient (Wildman–Crippen LogP) is 4.18. The number of nitrogens with one attached hydrogen (secondary N) is 1. The Kier molecular flexibility index (Phi) is 6.62. The van der Waals surface area contributed by atoms with Gasteiger partial charge in [0.05, 0.1) is 25.3 Å². The summed E-state index contributed by atoms with van der Waals surface area (Å²) in [4.78, 5) is 28.0. The van der Waals surface area contributed by atoms with Crippen molar-refractivity contribution in [2.24, 2.45) is 0 Å². The summed E-state index contributed by atoms with van der Waals surface area (Å²) in [5.41, 5.74) is 1.84. The number of hydrogen-bond acceptors (Lipinski definition) is 4. The van der Waals surface area contributed by atoms with E-state index < -0.39 is 0 Å². The van der Waals surface area contributed by atoms with Gasteiger partial charge in [-0.1, -0.05) is 31.2 Å². The minimum atomic E-state index is -0.378. The van der Waals surface area contributed by atoms with E-state index in [1.165, 1.54) is 6.92 Å². The van der Waals surface area contributed by atoms with Gasteiger partial charge in [0, 0.05) is 23.6 Å². The smallest absolute Gasteiger partial charge is 0.229 e. The number of ether oxygens (including phenoxy) is 1. The van der Waals surface area contributed by atoms with Crippen molar-refractivity contribution >= 4 is 29.3 Å². The van der Waals surface area contributed by atoms with Crippen LogP contribution < -0.4 is 15.0 Å². The molecular weight excluding hydrogens is 372 g/mol. The Morgan fingerprint density at radius 2 is 1.93 bits per heavy atom. The van der Waals surface area contributed by atoms with Gasteiger partial charge >= 0.3 is 0 Å². The highest BCUT2D eigenvalue weighted by atomic mass is 32.2. The maximum atomic E-state index is 13.2. The van der Waals surface area contributed by atoms with Gasteiger partial charge in [0.1, 0.15) is 5.75 Å². The number of benzene rings is 2. The molecule has 2 atom stereocenters. The van der Waals surface area contributed by atoms with Crippen molar-refractivity contribution in [2.45, 2.75) is 42.9 Å². The molecule has 1 aliphatic rings. The second kappa shape index (κ2) is 9.15. The molecule has 0 bridgehead atoms. The van der Waals surface area contributed by atoms with E-state index in [0.717, 1.165) is 28.3 Å². The van der Waals surface area contributed by atoms with Crippen molar-refractivity contribution in [3.63, 3.8) is 0 Å². The number of para-hydroxylation sites is 1. The summed E-state index contributed by atoms with van der Waals surface area (Å²) >= 11 is 1.81. The van der Waals surface area contributed by atoms with Gasteiger partial charge in [0.15, 0.2) is 0 Å². The van der Waals surface area contributed by atoms with Gasteiger partial charge in [-0.3, -0.25) is 9.59 Å². The fraction of sp³-hybridized carbons (Fsp3) is 0.364. The van der Waals surface area contributed by atoms with E-state index in [0.29, 0.717) is 11.8 Å². The minimum Gasteiger partial charge on any atom is -0.497 e. The molecule has 2 amide bonds. The molecule has 0 saturated heterocycles. The summed E-state index contributed by atoms with van der Waals surface area (Å²) in [5.74, 6) is 0.592. The average molecular weight is 399 g/mol. The summed E-state index contributed by atoms with van der Waals surface area (Å²) in [6, 6.07) is 15.1. The van der Waals surface area contributed by atoms with Crippen molar-refractivity contribution in [2.75, 3.05) is 18.6 Å². The van der Waals surface area contributed by atoms with Crippen LogP contribution in [0.25, 0.3) is 0 Å². The molecule has 3 rings (SSSR count). The van der Waals surface area contributed by atoms with E-state index in [1.54, 1.807) is 18.9 Å². The number of methoxy groups -OCH3 is 1. The van der Waals surface area contributed by atoms with Crippen LogP contribution in [0.15, 0.2) is 53.4 Å². The molecule has 1 aliphatic heterocycles. The first-order valence-corrected chi connectivity index (χ1v) is 10.3. The standard InChI is InChI=1S/C22H26N2O3S/c1-15-12-13-24(20-6-4-5-7-21(20)28-15)22(26)14-19(23-16(2)25)17-8-10-18(27-3)11-9-17/h4-11,15,19H,12-14H2,1-3H3,(H,23,25)/t15-,19-/m1/s1. The van der Waals surface area contributed by atoms with Gasteiger partial charge in [-0.05, 0) is 36.2 Å². The Labute approximate surface area is 170 Å². The Morgan fingerprint density at radius 3 is 2.61 bits per heavy atom. The molecule has 2 aromatic carbocycles. The first kappa shape index (κ1) is 20.3. The van der Waals surface area contributed by atoms with Crippen molar-refractivity contribution < 1.29 is 14.3 Å². The third-order valence-corrected chi connectivity index (χ3v) is 6.06. The number of amides is 2. The fourth-order valence-electron chi connectivity index (χ4n) is 3.36. The minimum absolute atomic E-state index is 0.0109. The lowest BCUT2D eigenvalue weighted by molar-refractivity contribution is -0.121. The van der Waals surface area contributed by atoms with Crippen LogP contribution in [0.4, 0.5) is 5.69 Å². The van der Waals surface area contributed by atoms with Crippen LogP contribution in [0.3, 0.4) is 0 Å². The van der Waals surface area contributed by atoms with Gasteiger partial charge in [-0.15, -0.1) is 11.8 Å². The van der Waals surface area contributed by atoms with Crippen LogP contribution in [0.1, 0.15) is 38.3 Å². The van der Waals surface area contributed by atoms with E-state index in [4.69, 9.17) is 4.74 Å². The lowest BCUT2D eigenvalue weighted by Gasteiger charge is -2.26. The first-order valence-electron chi connectivity index (χ1n) is 9.45. The predicted molar refractivity (Wildman–Crippen MR) is 113 cm³/mol. The van der Waals surface area contributed by atoms with Gasteiger partial charge < -0.3 is 15.0 Å². The highest BCUT2D eigenvalue weighted by molar-refractivity contribution is 8.00. The number of thioether (sulfide) groups is 1. The summed E-state index contributed by atoms with van der Waals surface area (Å²) in [7, 11) is 1.61. The number of nitrogens with zero attached hydrogens (tertiary/aromatic N) is 1. The van der Waals surface area contributed by atoms with Crippen LogP contribution in [-0.4, -0.2) is 30.7 Å². The number of rotatable bonds is 5. The summed E-state index contributed by atoms with van der Waals surface area (Å²) in [6.45, 7) is 4.34. The molecule has 0 spiro atoms. The van der Waals surface area contributed by atoms with E-state index in [-0.39, 0.29) is 24.3 Å². The molecule has 0 radical (unpaired) electrons. The number of anilines is 1. The first-order chi connectivity index (χ1) is 13.5. The average Bonchev–Trinajstić information content (AvgIpc) is 2.85. The Balaban J connectivity index is 1.84. The molecule has 5 nitrogen and oxygen atoms in total. The van der Waals surface area contributed by atoms with Crippen molar-refractivity contribution in [1.82, 2.24) is 5.32 Å². The van der Waals surface area contributed by atoms with Crippen LogP contribution in [-0.2, 0) is 9.59 Å². The Morgan fingerprint density at radius 1 is 1.21 bits per heavy atom. The molecule has 0 fully saturated rings. The number of carbonyl (C=O) groups is 2. The maximum Gasteiger partial charge on any atom is 0.229 e. The summed E-state index contributed by atoms with van der Waals surface area (Å²) < 4.78 is 5.20. The van der Waals surface area contributed by atoms with Gasteiger partial charge in [0.2, 0.25) is 11.8 Å². The zero-order chi connectivity index (χ0) is 20.1. The Bertz CT molecular complexity index is 838. The molecule has 0 saturated carbocycles. The zero-order valence-electron chi connectivity index (χ0n) is 16.5. The normalized spacial score (nSPS) is 17.2. The molecule has 28 heavy (non-hydrogen) atoms. The topological polar surface area (TPSA) is 58.6 Å². The Hall–Kier alpha value is -2.47. The molecule has 148 valence electrons. The molecule has 1 heterocycles. The van der Waals surface area contributed by atoms with E-state index in [2.05, 4.69) is 18.3 Å². The lowest BCUT2D eigenvalue weighted by atomic mass is 10.0. The van der Waals surface area contributed by atoms with Crippen molar-refractivity contribution in [3.05, 3.63) is 54.1 Å². The fourth-order valence-corrected chi connectivity index (χ4v) is 4.48. The van der Waals surface area contributed by atoms with Crippen LogP contribution in [0.2, 0.25) is 0 Å². The summed E-state index contributed by atoms with van der Waals surface area (Å²) in [6.07, 6.45) is 1.14. The second-order valence-electron chi connectivity index (χ2n) is 6.96. The van der Waals surface area contributed by atoms with Crippen LogP contribution in [0.5, 0.6) is 5.75 Å². The second-order valence-corrected chi connectivity index (χ2v) is 8.44. The van der Waals surface area contributed by atoms with Gasteiger partial charge in [0.25, 0.3) is 0 Å². The molecule has 0 aromatic heterocycles. The SMILES string of the molecule is COc1ccc([C@@H](CC(=O)N2CC[C@@H](C)Sc3ccccc32)NC(C)=O)cc1. The third kappa shape index (κ3) is 4.87. The third-order valence-electron chi connectivity index (χ3n) is 4.82. The molecule has 6 heteroatoms. The zero-order valence-corrected chi connectivity index (χ0v) is 17.3. The van der Waals surface area contributed by atoms with Crippen LogP contribution >= 0.6 is 11.8 Å². The molecular formula is C22H26N2O3S. The molecule has 0 aliphatic carbocycles. The summed E-state index contributed by atoms with van der Waals surface area (Å²) in [5, 5.41) is 3.37.